The number of hydrogen-bond donors (Lipinski definition) is 2. The van der Waals surface area contributed by atoms with Gasteiger partial charge in [0.1, 0.15) is 13.2 Å². The fourth-order valence-corrected chi connectivity index (χ4v) is 9.98. The van der Waals surface area contributed by atoms with Gasteiger partial charge in [0.25, 0.3) is 0 Å². The predicted molar refractivity (Wildman–Crippen MR) is 223 cm³/mol. The summed E-state index contributed by atoms with van der Waals surface area (Å²) in [6, 6.07) is 32.6. The molecular weight excluding hydrogens is 808 g/mol. The summed E-state index contributed by atoms with van der Waals surface area (Å²) in [5.74, 6) is -1.14. The van der Waals surface area contributed by atoms with Crippen molar-refractivity contribution in [2.24, 2.45) is 0 Å². The Balaban J connectivity index is 0.000000160. The van der Waals surface area contributed by atoms with Crippen LogP contribution in [0, 0.1) is 0 Å². The van der Waals surface area contributed by atoms with Gasteiger partial charge in [0, 0.05) is 42.8 Å². The molecule has 0 saturated carbocycles. The summed E-state index contributed by atoms with van der Waals surface area (Å²) in [5, 5.41) is 21.6. The van der Waals surface area contributed by atoms with E-state index in [0.717, 1.165) is 19.3 Å². The Morgan fingerprint density at radius 3 is 1.67 bits per heavy atom. The minimum absolute atomic E-state index is 0.0208. The second kappa shape index (κ2) is 17.0. The number of rotatable bonds is 7. The van der Waals surface area contributed by atoms with Gasteiger partial charge < -0.3 is 34.2 Å². The number of halogens is 2. The Morgan fingerprint density at radius 1 is 0.754 bits per heavy atom. The molecule has 9 nitrogen and oxygen atoms in total. The van der Waals surface area contributed by atoms with Crippen LogP contribution in [0.25, 0.3) is 22.3 Å². The third-order valence-corrected chi connectivity index (χ3v) is 13.2. The topological polar surface area (TPSA) is 109 Å². The molecule has 4 aromatic rings. The van der Waals surface area contributed by atoms with E-state index in [1.165, 1.54) is 44.5 Å². The third-order valence-electron chi connectivity index (χ3n) is 12.1. The maximum absolute atomic E-state index is 13.0. The van der Waals surface area contributed by atoms with Crippen molar-refractivity contribution in [2.75, 3.05) is 31.6 Å². The van der Waals surface area contributed by atoms with Crippen molar-refractivity contribution in [1.29, 1.82) is 0 Å². The highest BCUT2D eigenvalue weighted by Crippen LogP contribution is 2.46. The number of amides is 2. The normalized spacial score (nSPS) is 24.6. The van der Waals surface area contributed by atoms with Gasteiger partial charge in [0.2, 0.25) is 0 Å². The van der Waals surface area contributed by atoms with Crippen LogP contribution < -0.4 is 0 Å². The summed E-state index contributed by atoms with van der Waals surface area (Å²) in [7, 11) is 0. The summed E-state index contributed by atoms with van der Waals surface area (Å²) in [5.41, 5.74) is 9.60. The Kier molecular flexibility index (Phi) is 11.8. The van der Waals surface area contributed by atoms with Gasteiger partial charge in [-0.05, 0) is 70.2 Å². The molecule has 298 valence electrons. The van der Waals surface area contributed by atoms with Crippen molar-refractivity contribution in [2.45, 2.75) is 80.4 Å². The number of aliphatic hydroxyl groups is 2. The molecule has 0 bridgehead atoms. The number of ether oxygens (including phenoxy) is 3. The van der Waals surface area contributed by atoms with Crippen LogP contribution >= 0.6 is 27.5 Å². The Hall–Kier alpha value is -4.19. The second-order valence-corrected chi connectivity index (χ2v) is 16.7. The van der Waals surface area contributed by atoms with Gasteiger partial charge >= 0.3 is 12.2 Å². The van der Waals surface area contributed by atoms with Gasteiger partial charge in [0.15, 0.2) is 5.79 Å². The molecule has 2 aliphatic carbocycles. The summed E-state index contributed by atoms with van der Waals surface area (Å²) in [6.45, 7) is 5.49. The molecule has 5 aliphatic rings. The molecule has 57 heavy (non-hydrogen) atoms. The van der Waals surface area contributed by atoms with Crippen molar-refractivity contribution in [3.8, 4) is 22.3 Å². The lowest BCUT2D eigenvalue weighted by Crippen LogP contribution is -2.51. The molecule has 4 aromatic carbocycles. The standard InChI is InChI=1S/C23H24BrNO4.C23H24ClNO3/c24-14-23(27)12-20-21(29-23)10-5-11-25(20)22(26)28-13-19-17-8-3-1-6-15(17)16-7-2-4-9-18(16)19;1-15(24)13-21-22(26)11-6-12-25(21)23(27)28-14-20-18-9-4-2-7-16(18)17-8-3-5-10-19(17)20/h1-4,6-9,19-21,27H,5,10-14H2;2-5,7-10,20-22,26H,1,6,11-14H2/t20-,21-,23?;21-,22-/m00/s1. The van der Waals surface area contributed by atoms with Gasteiger partial charge in [0.05, 0.1) is 29.6 Å². The zero-order chi connectivity index (χ0) is 39.7. The number of hydrogen-bond acceptors (Lipinski definition) is 7. The minimum atomic E-state index is -1.21. The first-order valence-electron chi connectivity index (χ1n) is 19.9. The molecule has 0 spiro atoms. The summed E-state index contributed by atoms with van der Waals surface area (Å²) < 4.78 is 17.4. The number of aliphatic hydroxyl groups excluding tert-OH is 1. The van der Waals surface area contributed by atoms with Crippen LogP contribution in [-0.4, -0.2) is 93.9 Å². The molecule has 3 heterocycles. The largest absolute Gasteiger partial charge is 0.448 e. The zero-order valence-electron chi connectivity index (χ0n) is 31.8. The van der Waals surface area contributed by atoms with Gasteiger partial charge in [-0.25, -0.2) is 9.59 Å². The molecule has 3 aliphatic heterocycles. The van der Waals surface area contributed by atoms with Crippen molar-refractivity contribution in [3.05, 3.63) is 131 Å². The van der Waals surface area contributed by atoms with Crippen LogP contribution in [0.1, 0.15) is 72.6 Å². The molecule has 0 aromatic heterocycles. The quantitative estimate of drug-likeness (QED) is 0.179. The van der Waals surface area contributed by atoms with Gasteiger partial charge in [-0.3, -0.25) is 0 Å². The van der Waals surface area contributed by atoms with E-state index in [1.54, 1.807) is 9.80 Å². The predicted octanol–water partition coefficient (Wildman–Crippen LogP) is 9.18. The molecule has 1 unspecified atom stereocenters. The van der Waals surface area contributed by atoms with Crippen LogP contribution in [0.15, 0.2) is 109 Å². The summed E-state index contributed by atoms with van der Waals surface area (Å²) in [6.07, 6.45) is 2.43. The van der Waals surface area contributed by atoms with E-state index in [4.69, 9.17) is 25.8 Å². The first-order chi connectivity index (χ1) is 27.7. The van der Waals surface area contributed by atoms with E-state index in [1.807, 2.05) is 48.5 Å². The van der Waals surface area contributed by atoms with Gasteiger partial charge in [-0.15, -0.1) is 0 Å². The molecular formula is C46H48BrClN2O7. The first-order valence-corrected chi connectivity index (χ1v) is 21.4. The van der Waals surface area contributed by atoms with E-state index in [0.29, 0.717) is 49.3 Å². The highest BCUT2D eigenvalue weighted by atomic mass is 79.9. The molecule has 11 heteroatoms. The fourth-order valence-electron chi connectivity index (χ4n) is 9.46. The Labute approximate surface area is 347 Å². The van der Waals surface area contributed by atoms with Crippen LogP contribution in [0.4, 0.5) is 9.59 Å². The van der Waals surface area contributed by atoms with Gasteiger partial charge in [-0.1, -0.05) is 131 Å². The van der Waals surface area contributed by atoms with Crippen LogP contribution in [0.5, 0.6) is 0 Å². The Morgan fingerprint density at radius 2 is 1.19 bits per heavy atom. The molecule has 0 radical (unpaired) electrons. The lowest BCUT2D eigenvalue weighted by molar-refractivity contribution is -0.176. The fraction of sp³-hybridized carbons (Fsp3) is 0.391. The molecule has 3 saturated heterocycles. The van der Waals surface area contributed by atoms with Crippen LogP contribution in [-0.2, 0) is 14.2 Å². The number of fused-ring (bicyclic) bond motifs is 7. The highest BCUT2D eigenvalue weighted by Gasteiger charge is 2.50. The average molecular weight is 856 g/mol. The lowest BCUT2D eigenvalue weighted by atomic mass is 9.96. The molecule has 9 rings (SSSR count). The smallest absolute Gasteiger partial charge is 0.410 e. The second-order valence-electron chi connectivity index (χ2n) is 15.6. The number of carbonyl (C=O) groups is 2. The van der Waals surface area contributed by atoms with Crippen LogP contribution in [0.3, 0.4) is 0 Å². The number of alkyl halides is 1. The zero-order valence-corrected chi connectivity index (χ0v) is 34.1. The maximum Gasteiger partial charge on any atom is 0.410 e. The highest BCUT2D eigenvalue weighted by molar-refractivity contribution is 9.09. The number of likely N-dealkylation sites (tertiary alicyclic amines) is 2. The SMILES string of the molecule is C=C(Cl)C[C@H]1[C@@H](O)CCCN1C(=O)OCC1c2ccccc2-c2ccccc21.O=C(OCC1c2ccccc2-c2ccccc21)N1CCC[C@@H]2OC(O)(CBr)C[C@@H]21. The average Bonchev–Trinajstić information content (AvgIpc) is 3.87. The van der Waals surface area contributed by atoms with E-state index in [-0.39, 0.29) is 42.7 Å². The van der Waals surface area contributed by atoms with Crippen molar-refractivity contribution in [3.63, 3.8) is 0 Å². The number of nitrogens with zero attached hydrogens (tertiary/aromatic N) is 2. The monoisotopic (exact) mass is 854 g/mol. The third kappa shape index (κ3) is 7.99. The lowest BCUT2D eigenvalue weighted by Gasteiger charge is -2.38. The van der Waals surface area contributed by atoms with Crippen molar-refractivity contribution < 1.29 is 34.0 Å². The van der Waals surface area contributed by atoms with E-state index in [2.05, 4.69) is 71.0 Å². The first kappa shape index (κ1) is 39.6. The molecule has 2 amide bonds. The molecule has 3 fully saturated rings. The maximum atomic E-state index is 13.0. The minimum Gasteiger partial charge on any atom is -0.448 e. The van der Waals surface area contributed by atoms with E-state index < -0.39 is 18.0 Å². The van der Waals surface area contributed by atoms with E-state index >= 15 is 0 Å². The number of carbonyl (C=O) groups excluding carboxylic acids is 2. The van der Waals surface area contributed by atoms with Gasteiger partial charge in [-0.2, -0.15) is 0 Å². The molecule has 2 N–H and O–H groups in total. The number of piperidine rings is 2. The van der Waals surface area contributed by atoms with E-state index in [9.17, 15) is 19.8 Å². The van der Waals surface area contributed by atoms with Crippen molar-refractivity contribution in [1.82, 2.24) is 9.80 Å². The summed E-state index contributed by atoms with van der Waals surface area (Å²) in [4.78, 5) is 29.2. The molecule has 5 atom stereocenters. The number of benzene rings is 4. The van der Waals surface area contributed by atoms with Crippen LogP contribution in [0.2, 0.25) is 0 Å². The Bertz CT molecular complexity index is 2040. The summed E-state index contributed by atoms with van der Waals surface area (Å²) >= 11 is 9.27. The van der Waals surface area contributed by atoms with Crippen molar-refractivity contribution >= 4 is 39.7 Å².